The second-order valence-corrected chi connectivity index (χ2v) is 7.41. The summed E-state index contributed by atoms with van der Waals surface area (Å²) < 4.78 is 6.66. The van der Waals surface area contributed by atoms with Gasteiger partial charge in [0.1, 0.15) is 0 Å². The largest absolute Gasteiger partial charge is 0.443 e. The summed E-state index contributed by atoms with van der Waals surface area (Å²) >= 11 is 3.50. The molecule has 1 amide bonds. The van der Waals surface area contributed by atoms with E-state index in [1.54, 1.807) is 4.90 Å². The van der Waals surface area contributed by atoms with Crippen molar-refractivity contribution in [1.82, 2.24) is 0 Å². The first-order chi connectivity index (χ1) is 12.1. The van der Waals surface area contributed by atoms with Gasteiger partial charge in [-0.15, -0.1) is 0 Å². The van der Waals surface area contributed by atoms with E-state index in [0.717, 1.165) is 27.7 Å². The minimum atomic E-state index is -1.26. The number of fused-ring (bicyclic) bond motifs is 2. The van der Waals surface area contributed by atoms with E-state index in [1.165, 1.54) is 0 Å². The molecule has 1 saturated heterocycles. The zero-order valence-corrected chi connectivity index (χ0v) is 15.5. The van der Waals surface area contributed by atoms with E-state index in [1.807, 2.05) is 55.5 Å². The first-order valence-electron chi connectivity index (χ1n) is 8.46. The summed E-state index contributed by atoms with van der Waals surface area (Å²) in [5.74, 6) is -0.780. The van der Waals surface area contributed by atoms with Gasteiger partial charge in [-0.3, -0.25) is 9.59 Å². The number of halogens is 1. The van der Waals surface area contributed by atoms with Crippen molar-refractivity contribution in [3.05, 3.63) is 64.1 Å². The van der Waals surface area contributed by atoms with Crippen LogP contribution in [-0.4, -0.2) is 18.4 Å². The van der Waals surface area contributed by atoms with Gasteiger partial charge in [-0.2, -0.15) is 0 Å². The van der Waals surface area contributed by atoms with E-state index < -0.39 is 5.60 Å². The molecule has 2 aliphatic rings. The number of carbonyl (C=O) groups excluding carboxylic acids is 2. The molecule has 0 aromatic heterocycles. The molecule has 1 fully saturated rings. The maximum absolute atomic E-state index is 13.5. The topological polar surface area (TPSA) is 46.6 Å². The lowest BCUT2D eigenvalue weighted by Gasteiger charge is -2.29. The summed E-state index contributed by atoms with van der Waals surface area (Å²) in [4.78, 5) is 27.5. The van der Waals surface area contributed by atoms with Gasteiger partial charge >= 0.3 is 5.97 Å². The van der Waals surface area contributed by atoms with E-state index >= 15 is 0 Å². The second kappa shape index (κ2) is 5.99. The zero-order chi connectivity index (χ0) is 17.6. The van der Waals surface area contributed by atoms with Gasteiger partial charge in [-0.1, -0.05) is 53.2 Å². The molecule has 1 spiro atoms. The number of hydrogen-bond donors (Lipinski definition) is 0. The molecule has 25 heavy (non-hydrogen) atoms. The number of rotatable bonds is 3. The molecule has 2 aliphatic heterocycles. The minimum absolute atomic E-state index is 0.137. The van der Waals surface area contributed by atoms with Crippen LogP contribution in [0.3, 0.4) is 0 Å². The Kier molecular flexibility index (Phi) is 3.91. The van der Waals surface area contributed by atoms with Crippen LogP contribution in [0.25, 0.3) is 0 Å². The Labute approximate surface area is 154 Å². The van der Waals surface area contributed by atoms with Crippen LogP contribution in [-0.2, 0) is 19.9 Å². The fourth-order valence-electron chi connectivity index (χ4n) is 3.99. The lowest BCUT2D eigenvalue weighted by Crippen LogP contribution is -2.43. The average molecular weight is 400 g/mol. The Morgan fingerprint density at radius 1 is 1.20 bits per heavy atom. The van der Waals surface area contributed by atoms with Crippen LogP contribution in [0, 0.1) is 0 Å². The molecule has 4 rings (SSSR count). The first-order valence-corrected chi connectivity index (χ1v) is 9.26. The van der Waals surface area contributed by atoms with Crippen molar-refractivity contribution >= 4 is 33.5 Å². The highest BCUT2D eigenvalue weighted by atomic mass is 79.9. The van der Waals surface area contributed by atoms with E-state index in [4.69, 9.17) is 4.74 Å². The third-order valence-electron chi connectivity index (χ3n) is 5.00. The van der Waals surface area contributed by atoms with Crippen LogP contribution in [0.1, 0.15) is 36.8 Å². The second-order valence-electron chi connectivity index (χ2n) is 6.50. The summed E-state index contributed by atoms with van der Waals surface area (Å²) in [5, 5.41) is 0. The Morgan fingerprint density at radius 2 is 1.96 bits per heavy atom. The van der Waals surface area contributed by atoms with Crippen molar-refractivity contribution in [2.24, 2.45) is 0 Å². The number of hydrogen-bond acceptors (Lipinski definition) is 3. The van der Waals surface area contributed by atoms with Gasteiger partial charge in [0.05, 0.1) is 12.1 Å². The third-order valence-corrected chi connectivity index (χ3v) is 5.49. The van der Waals surface area contributed by atoms with Crippen molar-refractivity contribution in [1.29, 1.82) is 0 Å². The maximum Gasteiger partial charge on any atom is 0.308 e. The molecular weight excluding hydrogens is 382 g/mol. The number of nitrogens with zero attached hydrogens (tertiary/aromatic N) is 1. The van der Waals surface area contributed by atoms with Crippen LogP contribution < -0.4 is 4.90 Å². The van der Waals surface area contributed by atoms with Crippen LogP contribution in [0.4, 0.5) is 5.69 Å². The molecule has 5 heteroatoms. The quantitative estimate of drug-likeness (QED) is 0.728. The van der Waals surface area contributed by atoms with E-state index in [9.17, 15) is 9.59 Å². The standard InChI is InChI=1S/C20H18BrNO3/c1-2-10-22-17-9-8-14(21)11-16(17)20(19(22)24)15(12-18(23)25-20)13-6-4-3-5-7-13/h3-9,11,15H,2,10,12H2,1H3/t15-,20+/m1/s1. The number of amides is 1. The van der Waals surface area contributed by atoms with Crippen molar-refractivity contribution in [2.75, 3.05) is 11.4 Å². The van der Waals surface area contributed by atoms with Gasteiger partial charge in [0.15, 0.2) is 0 Å². The van der Waals surface area contributed by atoms with E-state index in [0.29, 0.717) is 6.54 Å². The predicted molar refractivity (Wildman–Crippen MR) is 98.4 cm³/mol. The summed E-state index contributed by atoms with van der Waals surface area (Å²) in [6, 6.07) is 15.5. The van der Waals surface area contributed by atoms with Crippen LogP contribution in [0.5, 0.6) is 0 Å². The Morgan fingerprint density at radius 3 is 2.68 bits per heavy atom. The Hall–Kier alpha value is -2.14. The molecule has 0 unspecified atom stereocenters. The molecule has 0 radical (unpaired) electrons. The van der Waals surface area contributed by atoms with E-state index in [2.05, 4.69) is 15.9 Å². The lowest BCUT2D eigenvalue weighted by atomic mass is 9.78. The van der Waals surface area contributed by atoms with Crippen molar-refractivity contribution in [3.8, 4) is 0 Å². The highest BCUT2D eigenvalue weighted by Gasteiger charge is 2.63. The van der Waals surface area contributed by atoms with Crippen molar-refractivity contribution in [3.63, 3.8) is 0 Å². The van der Waals surface area contributed by atoms with Gasteiger partial charge in [0.2, 0.25) is 5.60 Å². The number of esters is 1. The molecule has 2 atom stereocenters. The fraction of sp³-hybridized carbons (Fsp3) is 0.300. The minimum Gasteiger partial charge on any atom is -0.443 e. The molecule has 0 N–H and O–H groups in total. The summed E-state index contributed by atoms with van der Waals surface area (Å²) in [6.07, 6.45) is 1.04. The summed E-state index contributed by atoms with van der Waals surface area (Å²) in [7, 11) is 0. The van der Waals surface area contributed by atoms with Crippen LogP contribution in [0.15, 0.2) is 53.0 Å². The SMILES string of the molecule is CCCN1C(=O)[C@@]2(OC(=O)C[C@@H]2c2ccccc2)c2cc(Br)ccc21. The summed E-state index contributed by atoms with van der Waals surface area (Å²) in [6.45, 7) is 2.64. The first kappa shape index (κ1) is 16.3. The highest BCUT2D eigenvalue weighted by Crippen LogP contribution is 2.55. The number of ether oxygens (including phenoxy) is 1. The van der Waals surface area contributed by atoms with Crippen molar-refractivity contribution < 1.29 is 14.3 Å². The molecule has 128 valence electrons. The lowest BCUT2D eigenvalue weighted by molar-refractivity contribution is -0.157. The van der Waals surface area contributed by atoms with Gasteiger partial charge in [0, 0.05) is 22.5 Å². The van der Waals surface area contributed by atoms with Crippen LogP contribution in [0.2, 0.25) is 0 Å². The number of carbonyl (C=O) groups is 2. The van der Waals surface area contributed by atoms with Gasteiger partial charge in [-0.25, -0.2) is 0 Å². The molecule has 2 aromatic carbocycles. The third kappa shape index (κ3) is 2.33. The average Bonchev–Trinajstić information content (AvgIpc) is 3.08. The highest BCUT2D eigenvalue weighted by molar-refractivity contribution is 9.10. The normalized spacial score (nSPS) is 24.7. The maximum atomic E-state index is 13.5. The Bertz CT molecular complexity index is 851. The smallest absolute Gasteiger partial charge is 0.308 e. The van der Waals surface area contributed by atoms with Gasteiger partial charge in [-0.05, 0) is 30.2 Å². The van der Waals surface area contributed by atoms with Gasteiger partial charge in [0.25, 0.3) is 5.91 Å². The van der Waals surface area contributed by atoms with Gasteiger partial charge < -0.3 is 9.64 Å². The molecule has 2 heterocycles. The summed E-state index contributed by atoms with van der Waals surface area (Å²) in [5.41, 5.74) is 1.31. The number of anilines is 1. The molecule has 4 nitrogen and oxygen atoms in total. The monoisotopic (exact) mass is 399 g/mol. The predicted octanol–water partition coefficient (Wildman–Crippen LogP) is 4.13. The molecular formula is C20H18BrNO3. The Balaban J connectivity index is 1.94. The van der Waals surface area contributed by atoms with E-state index in [-0.39, 0.29) is 24.2 Å². The number of benzene rings is 2. The molecule has 0 aliphatic carbocycles. The van der Waals surface area contributed by atoms with Crippen molar-refractivity contribution in [2.45, 2.75) is 31.3 Å². The molecule has 2 aromatic rings. The zero-order valence-electron chi connectivity index (χ0n) is 13.9. The molecule has 0 bridgehead atoms. The fourth-order valence-corrected chi connectivity index (χ4v) is 4.35. The van der Waals surface area contributed by atoms with Crippen LogP contribution >= 0.6 is 15.9 Å². The molecule has 0 saturated carbocycles.